The van der Waals surface area contributed by atoms with E-state index in [0.29, 0.717) is 12.2 Å². The Balaban J connectivity index is 2.24. The highest BCUT2D eigenvalue weighted by atomic mass is 28.4. The Morgan fingerprint density at radius 2 is 1.86 bits per heavy atom. The van der Waals surface area contributed by atoms with Crippen molar-refractivity contribution < 1.29 is 33.0 Å². The standard InChI is InChI=1S/C23H38N2O9Si/c1-15-12-25(21(29)24-20(15)28)19-11-23(34-17(3)27,18(33-19)13-31-16(2)26)14-30-9-10-32-35(7,8)22(4,5)6/h12,18-19H,9-11,13-14H2,1-8H3,(H,24,28,29)/t18-,19?,23-/m1/s1. The molecule has 0 saturated carbocycles. The van der Waals surface area contributed by atoms with Gasteiger partial charge >= 0.3 is 17.6 Å². The SMILES string of the molecule is CC(=O)OC[C@H]1OC(n2cc(C)c(=O)[nH]c2=O)C[C@]1(COCCO[Si](C)(C)C(C)(C)C)OC(C)=O. The highest BCUT2D eigenvalue weighted by molar-refractivity contribution is 6.74. The number of carbonyl (C=O) groups is 2. The fourth-order valence-electron chi connectivity index (χ4n) is 3.53. The van der Waals surface area contributed by atoms with E-state index in [4.69, 9.17) is 23.4 Å². The Labute approximate surface area is 206 Å². The smallest absolute Gasteiger partial charge is 0.330 e. The third-order valence-corrected chi connectivity index (χ3v) is 11.1. The molecular formula is C23H38N2O9Si. The van der Waals surface area contributed by atoms with Crippen LogP contribution in [-0.2, 0) is 33.0 Å². The zero-order valence-corrected chi connectivity index (χ0v) is 22.9. The van der Waals surface area contributed by atoms with Gasteiger partial charge in [0.2, 0.25) is 0 Å². The van der Waals surface area contributed by atoms with Crippen molar-refractivity contribution in [2.75, 3.05) is 26.4 Å². The molecule has 1 aromatic heterocycles. The Morgan fingerprint density at radius 1 is 1.20 bits per heavy atom. The van der Waals surface area contributed by atoms with Crippen LogP contribution in [0.15, 0.2) is 15.8 Å². The number of aryl methyl sites for hydroxylation is 1. The van der Waals surface area contributed by atoms with Crippen LogP contribution in [0.3, 0.4) is 0 Å². The molecular weight excluding hydrogens is 476 g/mol. The van der Waals surface area contributed by atoms with Crippen LogP contribution in [0.1, 0.15) is 52.8 Å². The molecule has 1 unspecified atom stereocenters. The largest absolute Gasteiger partial charge is 0.463 e. The Kier molecular flexibility index (Phi) is 9.25. The molecule has 11 nitrogen and oxygen atoms in total. The summed E-state index contributed by atoms with van der Waals surface area (Å²) >= 11 is 0. The first-order chi connectivity index (χ1) is 16.1. The molecule has 0 aromatic carbocycles. The first-order valence-electron chi connectivity index (χ1n) is 11.6. The van der Waals surface area contributed by atoms with Gasteiger partial charge in [-0.05, 0) is 25.1 Å². The van der Waals surface area contributed by atoms with Crippen molar-refractivity contribution in [1.29, 1.82) is 0 Å². The molecule has 12 heteroatoms. The van der Waals surface area contributed by atoms with E-state index in [1.165, 1.54) is 24.6 Å². The second-order valence-corrected chi connectivity index (χ2v) is 15.2. The van der Waals surface area contributed by atoms with E-state index >= 15 is 0 Å². The lowest BCUT2D eigenvalue weighted by molar-refractivity contribution is -0.180. The van der Waals surface area contributed by atoms with E-state index in [1.807, 2.05) is 0 Å². The number of ether oxygens (including phenoxy) is 4. The number of aromatic nitrogens is 2. The average molecular weight is 515 g/mol. The maximum Gasteiger partial charge on any atom is 0.330 e. The number of H-pyrrole nitrogens is 1. The first kappa shape index (κ1) is 29.0. The molecule has 1 aliphatic rings. The lowest BCUT2D eigenvalue weighted by atomic mass is 9.95. The van der Waals surface area contributed by atoms with Gasteiger partial charge < -0.3 is 23.4 Å². The number of esters is 2. The number of hydrogen-bond acceptors (Lipinski definition) is 9. The van der Waals surface area contributed by atoms with Crippen molar-refractivity contribution in [3.8, 4) is 0 Å². The molecule has 198 valence electrons. The lowest BCUT2D eigenvalue weighted by Crippen LogP contribution is -2.49. The Bertz CT molecular complexity index is 1030. The second kappa shape index (κ2) is 11.2. The minimum absolute atomic E-state index is 0.0486. The maximum atomic E-state index is 12.4. The summed E-state index contributed by atoms with van der Waals surface area (Å²) in [6, 6.07) is 0. The zero-order valence-electron chi connectivity index (χ0n) is 21.9. The van der Waals surface area contributed by atoms with Crippen molar-refractivity contribution in [1.82, 2.24) is 9.55 Å². The van der Waals surface area contributed by atoms with Crippen LogP contribution in [0, 0.1) is 6.92 Å². The monoisotopic (exact) mass is 514 g/mol. The van der Waals surface area contributed by atoms with Gasteiger partial charge in [0.05, 0.1) is 19.8 Å². The van der Waals surface area contributed by atoms with Gasteiger partial charge in [-0.25, -0.2) is 4.79 Å². The van der Waals surface area contributed by atoms with Gasteiger partial charge in [-0.3, -0.25) is 23.9 Å². The first-order valence-corrected chi connectivity index (χ1v) is 14.5. The Hall–Kier alpha value is -2.28. The van der Waals surface area contributed by atoms with Crippen molar-refractivity contribution in [3.63, 3.8) is 0 Å². The minimum Gasteiger partial charge on any atom is -0.463 e. The molecule has 0 radical (unpaired) electrons. The predicted octanol–water partition coefficient (Wildman–Crippen LogP) is 2.04. The molecule has 1 aromatic rings. The fourth-order valence-corrected chi connectivity index (χ4v) is 4.56. The molecule has 2 rings (SSSR count). The van der Waals surface area contributed by atoms with E-state index in [-0.39, 0.29) is 31.3 Å². The van der Waals surface area contributed by atoms with Crippen LogP contribution in [0.4, 0.5) is 0 Å². The fraction of sp³-hybridized carbons (Fsp3) is 0.739. The molecule has 1 fully saturated rings. The van der Waals surface area contributed by atoms with E-state index in [1.54, 1.807) is 6.92 Å². The van der Waals surface area contributed by atoms with E-state index in [2.05, 4.69) is 38.8 Å². The molecule has 1 N–H and O–H groups in total. The van der Waals surface area contributed by atoms with E-state index < -0.39 is 49.4 Å². The third-order valence-electron chi connectivity index (χ3n) is 6.51. The number of nitrogens with zero attached hydrogens (tertiary/aromatic N) is 1. The van der Waals surface area contributed by atoms with Gasteiger partial charge in [-0.2, -0.15) is 0 Å². The highest BCUT2D eigenvalue weighted by Gasteiger charge is 2.53. The van der Waals surface area contributed by atoms with Gasteiger partial charge in [-0.1, -0.05) is 20.8 Å². The summed E-state index contributed by atoms with van der Waals surface area (Å²) in [7, 11) is -1.96. The van der Waals surface area contributed by atoms with Gasteiger partial charge in [0.15, 0.2) is 13.9 Å². The molecule has 3 atom stereocenters. The van der Waals surface area contributed by atoms with Gasteiger partial charge in [0, 0.05) is 32.0 Å². The van der Waals surface area contributed by atoms with E-state index in [0.717, 1.165) is 0 Å². The average Bonchev–Trinajstić information content (AvgIpc) is 3.05. The second-order valence-electron chi connectivity index (χ2n) is 10.4. The number of rotatable bonds is 10. The quantitative estimate of drug-likeness (QED) is 0.283. The Morgan fingerprint density at radius 3 is 2.43 bits per heavy atom. The van der Waals surface area contributed by atoms with Crippen molar-refractivity contribution in [2.45, 2.75) is 84.0 Å². The molecule has 35 heavy (non-hydrogen) atoms. The summed E-state index contributed by atoms with van der Waals surface area (Å²) in [6.45, 7) is 15.1. The zero-order chi connectivity index (χ0) is 26.6. The summed E-state index contributed by atoms with van der Waals surface area (Å²) in [5, 5.41) is 0.0512. The number of carbonyl (C=O) groups excluding carboxylic acids is 2. The van der Waals surface area contributed by atoms with E-state index in [9.17, 15) is 19.2 Å². The number of hydrogen-bond donors (Lipinski definition) is 1. The van der Waals surface area contributed by atoms with Crippen molar-refractivity contribution >= 4 is 20.3 Å². The summed E-state index contributed by atoms with van der Waals surface area (Å²) in [4.78, 5) is 50.0. The third kappa shape index (κ3) is 7.35. The topological polar surface area (TPSA) is 135 Å². The minimum atomic E-state index is -1.96. The normalized spacial score (nSPS) is 22.7. The van der Waals surface area contributed by atoms with Gasteiger partial charge in [0.1, 0.15) is 18.9 Å². The molecule has 1 saturated heterocycles. The summed E-state index contributed by atoms with van der Waals surface area (Å²) in [5.41, 5.74) is -2.18. The van der Waals surface area contributed by atoms with Crippen LogP contribution >= 0.6 is 0 Å². The van der Waals surface area contributed by atoms with Crippen LogP contribution in [0.5, 0.6) is 0 Å². The molecule has 0 bridgehead atoms. The van der Waals surface area contributed by atoms with Crippen LogP contribution in [-0.4, -0.2) is 67.9 Å². The van der Waals surface area contributed by atoms with Crippen molar-refractivity contribution in [3.05, 3.63) is 32.6 Å². The van der Waals surface area contributed by atoms with Crippen molar-refractivity contribution in [2.24, 2.45) is 0 Å². The molecule has 2 heterocycles. The van der Waals surface area contributed by atoms with Crippen LogP contribution in [0.25, 0.3) is 0 Å². The number of nitrogens with one attached hydrogen (secondary N) is 1. The lowest BCUT2D eigenvalue weighted by Gasteiger charge is -2.36. The highest BCUT2D eigenvalue weighted by Crippen LogP contribution is 2.40. The summed E-state index contributed by atoms with van der Waals surface area (Å²) in [6.07, 6.45) is -0.356. The van der Waals surface area contributed by atoms with Gasteiger partial charge in [0.25, 0.3) is 5.56 Å². The molecule has 0 spiro atoms. The van der Waals surface area contributed by atoms with Crippen LogP contribution < -0.4 is 11.2 Å². The van der Waals surface area contributed by atoms with Crippen LogP contribution in [0.2, 0.25) is 18.1 Å². The summed E-state index contributed by atoms with van der Waals surface area (Å²) in [5.74, 6) is -1.11. The van der Waals surface area contributed by atoms with Gasteiger partial charge in [-0.15, -0.1) is 0 Å². The summed E-state index contributed by atoms with van der Waals surface area (Å²) < 4.78 is 30.1. The predicted molar refractivity (Wildman–Crippen MR) is 130 cm³/mol. The number of aromatic amines is 1. The molecule has 1 aliphatic heterocycles. The molecule has 0 aliphatic carbocycles. The maximum absolute atomic E-state index is 12.4. The molecule has 0 amide bonds.